The number of rotatable bonds is 4. The van der Waals surface area contributed by atoms with Crippen LogP contribution in [0.1, 0.15) is 36.3 Å². The quantitative estimate of drug-likeness (QED) is 0.711. The Balaban J connectivity index is 1.37. The maximum atomic E-state index is 12.3. The summed E-state index contributed by atoms with van der Waals surface area (Å²) >= 11 is 0. The number of nitrogens with zero attached hydrogens (tertiary/aromatic N) is 6. The standard InChI is InChI=1S/C20H20N6O/c1-13-10-18(23-20(22-13)15-2-3-15)25-11-16(12-25)26-19(27)5-4-17(24-26)14-6-8-21-9-7-14/h4-10,15-16H,2-3,11-12H2,1H3. The van der Waals surface area contributed by atoms with E-state index in [2.05, 4.69) is 20.0 Å². The third-order valence-electron chi connectivity index (χ3n) is 5.13. The SMILES string of the molecule is Cc1cc(N2CC(n3nc(-c4ccncc4)ccc3=O)C2)nc(C2CC2)n1. The normalized spacial score (nSPS) is 17.0. The first-order valence-electron chi connectivity index (χ1n) is 9.28. The van der Waals surface area contributed by atoms with E-state index < -0.39 is 0 Å². The number of aryl methyl sites for hydroxylation is 1. The minimum Gasteiger partial charge on any atom is -0.352 e. The van der Waals surface area contributed by atoms with E-state index in [1.807, 2.05) is 25.1 Å². The zero-order valence-electron chi connectivity index (χ0n) is 15.1. The van der Waals surface area contributed by atoms with E-state index in [1.54, 1.807) is 29.2 Å². The molecule has 0 radical (unpaired) electrons. The Bertz CT molecular complexity index is 1040. The van der Waals surface area contributed by atoms with E-state index in [1.165, 1.54) is 12.8 Å². The van der Waals surface area contributed by atoms with E-state index >= 15 is 0 Å². The fourth-order valence-electron chi connectivity index (χ4n) is 3.42. The first kappa shape index (κ1) is 16.1. The highest BCUT2D eigenvalue weighted by atomic mass is 16.1. The van der Waals surface area contributed by atoms with Gasteiger partial charge < -0.3 is 4.90 Å². The molecule has 0 unspecified atom stereocenters. The van der Waals surface area contributed by atoms with Crippen molar-refractivity contribution in [2.75, 3.05) is 18.0 Å². The van der Waals surface area contributed by atoms with Gasteiger partial charge in [-0.3, -0.25) is 9.78 Å². The Morgan fingerprint density at radius 3 is 2.56 bits per heavy atom. The first-order chi connectivity index (χ1) is 13.2. The summed E-state index contributed by atoms with van der Waals surface area (Å²) in [6.45, 7) is 3.47. The summed E-state index contributed by atoms with van der Waals surface area (Å²) in [4.78, 5) is 27.9. The average Bonchev–Trinajstić information content (AvgIpc) is 3.47. The lowest BCUT2D eigenvalue weighted by molar-refractivity contribution is 0.352. The molecule has 1 saturated carbocycles. The van der Waals surface area contributed by atoms with Crippen molar-refractivity contribution < 1.29 is 0 Å². The molecule has 7 nitrogen and oxygen atoms in total. The van der Waals surface area contributed by atoms with Gasteiger partial charge in [0.2, 0.25) is 0 Å². The first-order valence-corrected chi connectivity index (χ1v) is 9.28. The van der Waals surface area contributed by atoms with Crippen molar-refractivity contribution >= 4 is 5.82 Å². The van der Waals surface area contributed by atoms with Crippen molar-refractivity contribution in [3.05, 3.63) is 64.6 Å². The van der Waals surface area contributed by atoms with Gasteiger partial charge in [0.25, 0.3) is 5.56 Å². The Kier molecular flexibility index (Phi) is 3.74. The van der Waals surface area contributed by atoms with Crippen LogP contribution in [-0.2, 0) is 0 Å². The molecule has 27 heavy (non-hydrogen) atoms. The van der Waals surface area contributed by atoms with Crippen LogP contribution in [0.5, 0.6) is 0 Å². The molecule has 2 fully saturated rings. The Hall–Kier alpha value is -3.09. The zero-order chi connectivity index (χ0) is 18.4. The van der Waals surface area contributed by atoms with E-state index in [9.17, 15) is 4.79 Å². The molecular weight excluding hydrogens is 340 g/mol. The summed E-state index contributed by atoms with van der Waals surface area (Å²) in [6.07, 6.45) is 5.83. The predicted molar refractivity (Wildman–Crippen MR) is 102 cm³/mol. The molecule has 3 aromatic heterocycles. The van der Waals surface area contributed by atoms with Crippen LogP contribution in [0.4, 0.5) is 5.82 Å². The van der Waals surface area contributed by atoms with Gasteiger partial charge >= 0.3 is 0 Å². The number of anilines is 1. The van der Waals surface area contributed by atoms with E-state index in [0.717, 1.165) is 41.7 Å². The number of aromatic nitrogens is 5. The fraction of sp³-hybridized carbons (Fsp3) is 0.350. The lowest BCUT2D eigenvalue weighted by Gasteiger charge is -2.40. The summed E-state index contributed by atoms with van der Waals surface area (Å²) in [5, 5.41) is 4.58. The third kappa shape index (κ3) is 3.09. The Morgan fingerprint density at radius 1 is 1.04 bits per heavy atom. The van der Waals surface area contributed by atoms with Crippen LogP contribution in [0.2, 0.25) is 0 Å². The topological polar surface area (TPSA) is 76.8 Å². The number of pyridine rings is 1. The molecule has 7 heteroatoms. The monoisotopic (exact) mass is 360 g/mol. The van der Waals surface area contributed by atoms with Crippen molar-refractivity contribution in [3.8, 4) is 11.3 Å². The molecule has 0 bridgehead atoms. The van der Waals surface area contributed by atoms with Crippen molar-refractivity contribution in [3.63, 3.8) is 0 Å². The fourth-order valence-corrected chi connectivity index (χ4v) is 3.42. The van der Waals surface area contributed by atoms with Crippen molar-refractivity contribution in [1.82, 2.24) is 24.7 Å². The Labute approximate surface area is 156 Å². The number of hydrogen-bond acceptors (Lipinski definition) is 6. The second kappa shape index (κ2) is 6.26. The second-order valence-electron chi connectivity index (χ2n) is 7.30. The van der Waals surface area contributed by atoms with Gasteiger partial charge in [0.15, 0.2) is 0 Å². The highest BCUT2D eigenvalue weighted by Gasteiger charge is 2.33. The molecule has 0 amide bonds. The van der Waals surface area contributed by atoms with Crippen molar-refractivity contribution in [2.24, 2.45) is 0 Å². The molecule has 0 spiro atoms. The molecule has 5 rings (SSSR count). The number of hydrogen-bond donors (Lipinski definition) is 0. The largest absolute Gasteiger partial charge is 0.352 e. The molecule has 1 aliphatic carbocycles. The molecule has 0 aromatic carbocycles. The van der Waals surface area contributed by atoms with Crippen molar-refractivity contribution in [1.29, 1.82) is 0 Å². The molecule has 0 atom stereocenters. The van der Waals surface area contributed by atoms with Crippen LogP contribution in [0.15, 0.2) is 47.5 Å². The van der Waals surface area contributed by atoms with Crippen LogP contribution in [0.3, 0.4) is 0 Å². The summed E-state index contributed by atoms with van der Waals surface area (Å²) < 4.78 is 1.60. The smallest absolute Gasteiger partial charge is 0.267 e. The van der Waals surface area contributed by atoms with Gasteiger partial charge in [-0.15, -0.1) is 0 Å². The van der Waals surface area contributed by atoms with E-state index in [4.69, 9.17) is 4.98 Å². The van der Waals surface area contributed by atoms with E-state index in [0.29, 0.717) is 5.92 Å². The minimum absolute atomic E-state index is 0.0546. The summed E-state index contributed by atoms with van der Waals surface area (Å²) in [5.74, 6) is 2.45. The van der Waals surface area contributed by atoms with Crippen LogP contribution >= 0.6 is 0 Å². The van der Waals surface area contributed by atoms with Gasteiger partial charge in [0.1, 0.15) is 11.6 Å². The van der Waals surface area contributed by atoms with Crippen LogP contribution in [0.25, 0.3) is 11.3 Å². The molecule has 1 aliphatic heterocycles. The van der Waals surface area contributed by atoms with Gasteiger partial charge in [0, 0.05) is 54.8 Å². The van der Waals surface area contributed by atoms with Gasteiger partial charge in [-0.2, -0.15) is 5.10 Å². The Morgan fingerprint density at radius 2 is 1.81 bits per heavy atom. The highest BCUT2D eigenvalue weighted by molar-refractivity contribution is 5.57. The van der Waals surface area contributed by atoms with Crippen LogP contribution in [0, 0.1) is 6.92 Å². The summed E-state index contributed by atoms with van der Waals surface area (Å²) in [7, 11) is 0. The molecule has 3 aromatic rings. The molecule has 4 heterocycles. The molecule has 136 valence electrons. The summed E-state index contributed by atoms with van der Waals surface area (Å²) in [6, 6.07) is 9.22. The third-order valence-corrected chi connectivity index (χ3v) is 5.13. The predicted octanol–water partition coefficient (Wildman–Crippen LogP) is 2.34. The van der Waals surface area contributed by atoms with Gasteiger partial charge in [-0.05, 0) is 38.0 Å². The van der Waals surface area contributed by atoms with E-state index in [-0.39, 0.29) is 11.6 Å². The highest BCUT2D eigenvalue weighted by Crippen LogP contribution is 2.39. The minimum atomic E-state index is -0.0741. The molecular formula is C20H20N6O. The lowest BCUT2D eigenvalue weighted by Crippen LogP contribution is -2.51. The molecule has 1 saturated heterocycles. The van der Waals surface area contributed by atoms with Gasteiger partial charge in [-0.25, -0.2) is 14.6 Å². The maximum Gasteiger partial charge on any atom is 0.267 e. The lowest BCUT2D eigenvalue weighted by atomic mass is 10.1. The van der Waals surface area contributed by atoms with Crippen LogP contribution in [-0.4, -0.2) is 37.8 Å². The maximum absolute atomic E-state index is 12.3. The average molecular weight is 360 g/mol. The second-order valence-corrected chi connectivity index (χ2v) is 7.30. The summed E-state index contributed by atoms with van der Waals surface area (Å²) in [5.41, 5.74) is 2.66. The zero-order valence-corrected chi connectivity index (χ0v) is 15.1. The van der Waals surface area contributed by atoms with Crippen LogP contribution < -0.4 is 10.5 Å². The van der Waals surface area contributed by atoms with Gasteiger partial charge in [0.05, 0.1) is 11.7 Å². The van der Waals surface area contributed by atoms with Gasteiger partial charge in [-0.1, -0.05) is 0 Å². The molecule has 0 N–H and O–H groups in total. The van der Waals surface area contributed by atoms with Crippen molar-refractivity contribution in [2.45, 2.75) is 31.7 Å². The molecule has 2 aliphatic rings.